The van der Waals surface area contributed by atoms with E-state index in [9.17, 15) is 4.79 Å². The van der Waals surface area contributed by atoms with Gasteiger partial charge in [0.2, 0.25) is 5.91 Å². The minimum Gasteiger partial charge on any atom is -0.355 e. The Balaban J connectivity index is 1.93. The molecule has 1 aliphatic carbocycles. The van der Waals surface area contributed by atoms with Gasteiger partial charge in [0, 0.05) is 13.0 Å². The average Bonchev–Trinajstić information content (AvgIpc) is 3.17. The Hall–Kier alpha value is -1.75. The highest BCUT2D eigenvalue weighted by Gasteiger charge is 2.50. The van der Waals surface area contributed by atoms with Crippen molar-refractivity contribution in [3.05, 3.63) is 35.9 Å². The molecule has 1 N–H and O–H groups in total. The van der Waals surface area contributed by atoms with Gasteiger partial charge in [0.05, 0.1) is 5.41 Å². The number of unbranched alkanes of at least 4 members (excludes halogenated alkanes) is 1. The molecule has 0 unspecified atom stereocenters. The van der Waals surface area contributed by atoms with Gasteiger partial charge in [0.1, 0.15) is 0 Å². The summed E-state index contributed by atoms with van der Waals surface area (Å²) >= 11 is 0. The summed E-state index contributed by atoms with van der Waals surface area (Å²) in [6.07, 6.45) is 8.66. The molecule has 0 spiro atoms. The van der Waals surface area contributed by atoms with Gasteiger partial charge in [-0.25, -0.2) is 0 Å². The van der Waals surface area contributed by atoms with E-state index in [1.165, 1.54) is 0 Å². The van der Waals surface area contributed by atoms with Crippen LogP contribution in [0.1, 0.15) is 31.2 Å². The number of rotatable bonds is 5. The van der Waals surface area contributed by atoms with Crippen LogP contribution in [0.3, 0.4) is 0 Å². The van der Waals surface area contributed by atoms with Crippen molar-refractivity contribution < 1.29 is 4.79 Å². The molecular formula is C15H17NO. The highest BCUT2D eigenvalue weighted by atomic mass is 16.2. The second-order valence-corrected chi connectivity index (χ2v) is 4.51. The summed E-state index contributed by atoms with van der Waals surface area (Å²) < 4.78 is 0. The van der Waals surface area contributed by atoms with E-state index in [1.54, 1.807) is 0 Å². The first-order valence-electron chi connectivity index (χ1n) is 6.07. The molecule has 0 aliphatic heterocycles. The largest absolute Gasteiger partial charge is 0.355 e. The van der Waals surface area contributed by atoms with Gasteiger partial charge in [-0.2, -0.15) is 0 Å². The van der Waals surface area contributed by atoms with Crippen molar-refractivity contribution in [3.63, 3.8) is 0 Å². The first-order valence-corrected chi connectivity index (χ1v) is 6.07. The normalized spacial score (nSPS) is 15.9. The fraction of sp³-hybridized carbons (Fsp3) is 0.400. The molecule has 1 amide bonds. The number of benzene rings is 1. The van der Waals surface area contributed by atoms with Crippen molar-refractivity contribution in [2.24, 2.45) is 0 Å². The quantitative estimate of drug-likeness (QED) is 0.606. The molecule has 1 aromatic carbocycles. The third-order valence-corrected chi connectivity index (χ3v) is 3.29. The maximum Gasteiger partial charge on any atom is 0.230 e. The highest BCUT2D eigenvalue weighted by molar-refractivity contribution is 5.91. The Bertz CT molecular complexity index is 426. The molecule has 1 aliphatic rings. The smallest absolute Gasteiger partial charge is 0.230 e. The minimum absolute atomic E-state index is 0.153. The molecule has 1 aromatic rings. The molecule has 0 radical (unpaired) electrons. The summed E-state index contributed by atoms with van der Waals surface area (Å²) in [4.78, 5) is 12.1. The van der Waals surface area contributed by atoms with E-state index in [0.29, 0.717) is 6.54 Å². The molecule has 1 saturated carbocycles. The fourth-order valence-electron chi connectivity index (χ4n) is 2.09. The Morgan fingerprint density at radius 2 is 2.06 bits per heavy atom. The molecule has 0 bridgehead atoms. The molecule has 0 saturated heterocycles. The first kappa shape index (κ1) is 11.7. The summed E-state index contributed by atoms with van der Waals surface area (Å²) in [5.74, 6) is 2.73. The van der Waals surface area contributed by atoms with Crippen molar-refractivity contribution in [1.29, 1.82) is 0 Å². The third-order valence-electron chi connectivity index (χ3n) is 3.29. The molecule has 2 heteroatoms. The van der Waals surface area contributed by atoms with Crippen molar-refractivity contribution in [2.45, 2.75) is 31.1 Å². The topological polar surface area (TPSA) is 29.1 Å². The molecule has 88 valence electrons. The molecule has 0 heterocycles. The maximum absolute atomic E-state index is 12.1. The van der Waals surface area contributed by atoms with Gasteiger partial charge in [-0.1, -0.05) is 30.3 Å². The minimum atomic E-state index is -0.253. The lowest BCUT2D eigenvalue weighted by molar-refractivity contribution is -0.123. The lowest BCUT2D eigenvalue weighted by Gasteiger charge is -2.15. The van der Waals surface area contributed by atoms with E-state index in [-0.39, 0.29) is 11.3 Å². The SMILES string of the molecule is C#CCCCNC(=O)C1(c2ccccc2)CC1. The molecule has 1 fully saturated rings. The van der Waals surface area contributed by atoms with Gasteiger partial charge < -0.3 is 5.32 Å². The van der Waals surface area contributed by atoms with E-state index < -0.39 is 0 Å². The molecule has 0 aromatic heterocycles. The van der Waals surface area contributed by atoms with Crippen LogP contribution in [0.4, 0.5) is 0 Å². The number of amides is 1. The molecular weight excluding hydrogens is 210 g/mol. The van der Waals surface area contributed by atoms with Crippen LogP contribution in [0, 0.1) is 12.3 Å². The zero-order valence-electron chi connectivity index (χ0n) is 9.91. The van der Waals surface area contributed by atoms with Crippen molar-refractivity contribution in [2.75, 3.05) is 6.54 Å². The molecule has 2 nitrogen and oxygen atoms in total. The van der Waals surface area contributed by atoms with Gasteiger partial charge in [-0.05, 0) is 24.8 Å². The lowest BCUT2D eigenvalue weighted by Crippen LogP contribution is -2.35. The monoisotopic (exact) mass is 227 g/mol. The second-order valence-electron chi connectivity index (χ2n) is 4.51. The maximum atomic E-state index is 12.1. The van der Waals surface area contributed by atoms with Crippen molar-refractivity contribution in [1.82, 2.24) is 5.32 Å². The van der Waals surface area contributed by atoms with Crippen LogP contribution in [-0.2, 0) is 10.2 Å². The van der Waals surface area contributed by atoms with E-state index in [4.69, 9.17) is 6.42 Å². The number of hydrogen-bond donors (Lipinski definition) is 1. The van der Waals surface area contributed by atoms with Gasteiger partial charge in [0.25, 0.3) is 0 Å². The van der Waals surface area contributed by atoms with Crippen LogP contribution in [0.15, 0.2) is 30.3 Å². The van der Waals surface area contributed by atoms with Crippen LogP contribution in [0.2, 0.25) is 0 Å². The Kier molecular flexibility index (Phi) is 3.49. The second kappa shape index (κ2) is 5.05. The van der Waals surface area contributed by atoms with E-state index >= 15 is 0 Å². The predicted octanol–water partition coefficient (Wildman–Crippen LogP) is 2.25. The summed E-state index contributed by atoms with van der Waals surface area (Å²) in [6, 6.07) is 10.0. The van der Waals surface area contributed by atoms with Crippen LogP contribution < -0.4 is 5.32 Å². The predicted molar refractivity (Wildman–Crippen MR) is 68.4 cm³/mol. The number of nitrogens with one attached hydrogen (secondary N) is 1. The first-order chi connectivity index (χ1) is 8.29. The lowest BCUT2D eigenvalue weighted by atomic mass is 9.95. The number of carbonyl (C=O) groups is 1. The zero-order chi connectivity index (χ0) is 12.1. The summed E-state index contributed by atoms with van der Waals surface area (Å²) in [5, 5.41) is 2.98. The summed E-state index contributed by atoms with van der Waals surface area (Å²) in [7, 11) is 0. The summed E-state index contributed by atoms with van der Waals surface area (Å²) in [6.45, 7) is 0.678. The standard InChI is InChI=1S/C15H17NO/c1-2-3-7-12-16-14(17)15(10-11-15)13-8-5-4-6-9-13/h1,4-6,8-9H,3,7,10-12H2,(H,16,17). The summed E-state index contributed by atoms with van der Waals surface area (Å²) in [5.41, 5.74) is 0.881. The Morgan fingerprint density at radius 3 is 2.65 bits per heavy atom. The van der Waals surface area contributed by atoms with E-state index in [0.717, 1.165) is 31.2 Å². The zero-order valence-corrected chi connectivity index (χ0v) is 9.91. The van der Waals surface area contributed by atoms with E-state index in [1.807, 2.05) is 30.3 Å². The molecule has 2 rings (SSSR count). The van der Waals surface area contributed by atoms with Crippen LogP contribution in [0.5, 0.6) is 0 Å². The number of carbonyl (C=O) groups excluding carboxylic acids is 1. The van der Waals surface area contributed by atoms with Crippen molar-refractivity contribution in [3.8, 4) is 12.3 Å². The number of terminal acetylenes is 1. The van der Waals surface area contributed by atoms with Crippen LogP contribution in [0.25, 0.3) is 0 Å². The van der Waals surface area contributed by atoms with Crippen molar-refractivity contribution >= 4 is 5.91 Å². The molecule has 17 heavy (non-hydrogen) atoms. The van der Waals surface area contributed by atoms with Gasteiger partial charge in [-0.3, -0.25) is 4.79 Å². The highest BCUT2D eigenvalue weighted by Crippen LogP contribution is 2.48. The van der Waals surface area contributed by atoms with Gasteiger partial charge in [-0.15, -0.1) is 12.3 Å². The number of hydrogen-bond acceptors (Lipinski definition) is 1. The van der Waals surface area contributed by atoms with Crippen LogP contribution >= 0.6 is 0 Å². The Morgan fingerprint density at radius 1 is 1.35 bits per heavy atom. The Labute approximate surface area is 102 Å². The van der Waals surface area contributed by atoms with Crippen LogP contribution in [-0.4, -0.2) is 12.5 Å². The third kappa shape index (κ3) is 2.50. The van der Waals surface area contributed by atoms with Gasteiger partial charge in [0.15, 0.2) is 0 Å². The average molecular weight is 227 g/mol. The van der Waals surface area contributed by atoms with Gasteiger partial charge >= 0.3 is 0 Å². The fourth-order valence-corrected chi connectivity index (χ4v) is 2.09. The molecule has 0 atom stereocenters. The van der Waals surface area contributed by atoms with E-state index in [2.05, 4.69) is 11.2 Å².